The summed E-state index contributed by atoms with van der Waals surface area (Å²) in [6.45, 7) is 5.56. The van der Waals surface area contributed by atoms with Gasteiger partial charge < -0.3 is 20.3 Å². The molecule has 2 aliphatic rings. The first kappa shape index (κ1) is 31.7. The van der Waals surface area contributed by atoms with Crippen molar-refractivity contribution < 1.29 is 18.7 Å². The zero-order valence-corrected chi connectivity index (χ0v) is 26.8. The fraction of sp³-hybridized carbons (Fsp3) is 0.395. The van der Waals surface area contributed by atoms with Crippen LogP contribution in [0.4, 0.5) is 15.8 Å². The highest BCUT2D eigenvalue weighted by Gasteiger charge is 2.56. The lowest BCUT2D eigenvalue weighted by atomic mass is 9.97. The lowest BCUT2D eigenvalue weighted by molar-refractivity contribution is -0.131. The molecule has 0 unspecified atom stereocenters. The van der Waals surface area contributed by atoms with Crippen LogP contribution in [0.15, 0.2) is 66.9 Å². The Morgan fingerprint density at radius 3 is 2.28 bits per heavy atom. The maximum absolute atomic E-state index is 15.4. The number of hydrogen-bond donors (Lipinski definition) is 2. The van der Waals surface area contributed by atoms with Crippen LogP contribution in [0.1, 0.15) is 67.2 Å². The lowest BCUT2D eigenvalue weighted by Gasteiger charge is -2.26. The molecule has 2 fully saturated rings. The highest BCUT2D eigenvalue weighted by atomic mass is 19.1. The molecule has 46 heavy (non-hydrogen) atoms. The second-order valence-corrected chi connectivity index (χ2v) is 12.9. The molecule has 1 aromatic heterocycles. The summed E-state index contributed by atoms with van der Waals surface area (Å²) in [5.41, 5.74) is 4.37. The SMILES string of the molecule is COc1cc2c(Cc3ccc(NC(=O)C4(C(=O)Nc5ccc(C)cc5)CC4)cc3F)ccnc2cc1CCCCN1CCCCC1. The summed E-state index contributed by atoms with van der Waals surface area (Å²) < 4.78 is 21.2. The minimum atomic E-state index is -1.14. The monoisotopic (exact) mass is 622 g/mol. The van der Waals surface area contributed by atoms with E-state index in [1.165, 1.54) is 38.4 Å². The molecular formula is C38H43FN4O3. The molecule has 3 aromatic carbocycles. The number of halogens is 1. The van der Waals surface area contributed by atoms with Crippen LogP contribution < -0.4 is 15.4 Å². The number of likely N-dealkylation sites (tertiary alicyclic amines) is 1. The molecule has 7 nitrogen and oxygen atoms in total. The van der Waals surface area contributed by atoms with Gasteiger partial charge in [-0.1, -0.05) is 30.2 Å². The van der Waals surface area contributed by atoms with E-state index in [0.717, 1.165) is 59.2 Å². The lowest BCUT2D eigenvalue weighted by Crippen LogP contribution is -2.35. The number of nitrogens with zero attached hydrogens (tertiary/aromatic N) is 2. The average molecular weight is 623 g/mol. The molecule has 1 saturated carbocycles. The molecule has 0 spiro atoms. The summed E-state index contributed by atoms with van der Waals surface area (Å²) >= 11 is 0. The van der Waals surface area contributed by atoms with E-state index < -0.39 is 17.1 Å². The topological polar surface area (TPSA) is 83.6 Å². The van der Waals surface area contributed by atoms with Crippen molar-refractivity contribution in [3.63, 3.8) is 0 Å². The number of nitrogens with one attached hydrogen (secondary N) is 2. The number of hydrogen-bond acceptors (Lipinski definition) is 5. The summed E-state index contributed by atoms with van der Waals surface area (Å²) in [5.74, 6) is -0.349. The Balaban J connectivity index is 1.10. The third-order valence-electron chi connectivity index (χ3n) is 9.47. The number of methoxy groups -OCH3 is 1. The van der Waals surface area contributed by atoms with E-state index in [0.29, 0.717) is 36.2 Å². The molecular weight excluding hydrogens is 579 g/mol. The Hall–Kier alpha value is -4.30. The van der Waals surface area contributed by atoms with Gasteiger partial charge in [-0.2, -0.15) is 0 Å². The summed E-state index contributed by atoms with van der Waals surface area (Å²) in [6.07, 6.45) is 10.2. The zero-order valence-electron chi connectivity index (χ0n) is 26.8. The van der Waals surface area contributed by atoms with E-state index in [1.54, 1.807) is 25.4 Å². The quantitative estimate of drug-likeness (QED) is 0.127. The molecule has 2 heterocycles. The number of benzene rings is 3. The first-order valence-electron chi connectivity index (χ1n) is 16.5. The molecule has 0 bridgehead atoms. The van der Waals surface area contributed by atoms with Crippen molar-refractivity contribution in [2.75, 3.05) is 37.4 Å². The number of piperidine rings is 1. The molecule has 1 saturated heterocycles. The van der Waals surface area contributed by atoms with Gasteiger partial charge in [-0.3, -0.25) is 14.6 Å². The molecule has 0 atom stereocenters. The second-order valence-electron chi connectivity index (χ2n) is 12.9. The first-order chi connectivity index (χ1) is 22.3. The van der Waals surface area contributed by atoms with Crippen LogP contribution in [-0.4, -0.2) is 48.4 Å². The van der Waals surface area contributed by atoms with E-state index >= 15 is 4.39 Å². The molecule has 2 amide bonds. The third-order valence-corrected chi connectivity index (χ3v) is 9.47. The van der Waals surface area contributed by atoms with Crippen LogP contribution in [0.2, 0.25) is 0 Å². The fourth-order valence-corrected chi connectivity index (χ4v) is 6.44. The third kappa shape index (κ3) is 7.23. The number of rotatable bonds is 12. The Morgan fingerprint density at radius 1 is 0.870 bits per heavy atom. The molecule has 2 N–H and O–H groups in total. The van der Waals surface area contributed by atoms with Gasteiger partial charge in [0.25, 0.3) is 0 Å². The largest absolute Gasteiger partial charge is 0.496 e. The maximum atomic E-state index is 15.4. The minimum absolute atomic E-state index is 0.326. The summed E-state index contributed by atoms with van der Waals surface area (Å²) in [7, 11) is 1.69. The van der Waals surface area contributed by atoms with Crippen molar-refractivity contribution >= 4 is 34.1 Å². The van der Waals surface area contributed by atoms with Crippen LogP contribution in [-0.2, 0) is 22.4 Å². The Morgan fingerprint density at radius 2 is 1.59 bits per heavy atom. The average Bonchev–Trinajstić information content (AvgIpc) is 3.88. The van der Waals surface area contributed by atoms with Crippen LogP contribution >= 0.6 is 0 Å². The van der Waals surface area contributed by atoms with Gasteiger partial charge in [0.2, 0.25) is 11.8 Å². The number of amides is 2. The van der Waals surface area contributed by atoms with Crippen LogP contribution in [0.25, 0.3) is 10.9 Å². The van der Waals surface area contributed by atoms with E-state index in [9.17, 15) is 9.59 Å². The van der Waals surface area contributed by atoms with Gasteiger partial charge in [-0.15, -0.1) is 0 Å². The van der Waals surface area contributed by atoms with E-state index in [-0.39, 0.29) is 5.91 Å². The molecule has 8 heteroatoms. The number of unbranched alkanes of at least 4 members (excludes halogenated alkanes) is 1. The molecule has 6 rings (SSSR count). The predicted octanol–water partition coefficient (Wildman–Crippen LogP) is 7.45. The number of ether oxygens (including phenoxy) is 1. The van der Waals surface area contributed by atoms with Crippen molar-refractivity contribution in [1.82, 2.24) is 9.88 Å². The molecule has 4 aromatic rings. The second kappa shape index (κ2) is 14.0. The van der Waals surface area contributed by atoms with Gasteiger partial charge in [0.1, 0.15) is 17.0 Å². The normalized spacial score (nSPS) is 15.8. The predicted molar refractivity (Wildman–Crippen MR) is 181 cm³/mol. The van der Waals surface area contributed by atoms with Crippen molar-refractivity contribution in [1.29, 1.82) is 0 Å². The van der Waals surface area contributed by atoms with Crippen LogP contribution in [0.3, 0.4) is 0 Å². The highest BCUT2D eigenvalue weighted by molar-refractivity contribution is 6.16. The smallest absolute Gasteiger partial charge is 0.240 e. The molecule has 240 valence electrons. The van der Waals surface area contributed by atoms with Gasteiger partial charge in [0.15, 0.2) is 0 Å². The van der Waals surface area contributed by atoms with Gasteiger partial charge in [0.05, 0.1) is 12.6 Å². The summed E-state index contributed by atoms with van der Waals surface area (Å²) in [4.78, 5) is 33.3. The van der Waals surface area contributed by atoms with Crippen LogP contribution in [0, 0.1) is 18.2 Å². The Labute approximate surface area is 270 Å². The number of aryl methyl sites for hydroxylation is 2. The highest BCUT2D eigenvalue weighted by Crippen LogP contribution is 2.47. The number of fused-ring (bicyclic) bond motifs is 1. The van der Waals surface area contributed by atoms with Crippen molar-refractivity contribution in [3.8, 4) is 5.75 Å². The van der Waals surface area contributed by atoms with Crippen LogP contribution in [0.5, 0.6) is 5.75 Å². The standard InChI is InChI=1S/C38H43FN4O3/c1-26-9-12-30(13-10-26)41-36(44)38(16-17-38)37(45)42-31-14-11-28(33(39)24-31)22-27-15-18-40-34-23-29(35(46-2)25-32(27)34)8-4-7-21-43-19-5-3-6-20-43/h9-15,18,23-25H,3-8,16-17,19-22H2,1-2H3,(H,41,44)(H,42,45). The first-order valence-corrected chi connectivity index (χ1v) is 16.5. The summed E-state index contributed by atoms with van der Waals surface area (Å²) in [5, 5.41) is 6.56. The fourth-order valence-electron chi connectivity index (χ4n) is 6.44. The van der Waals surface area contributed by atoms with Gasteiger partial charge in [-0.25, -0.2) is 4.39 Å². The van der Waals surface area contributed by atoms with E-state index in [2.05, 4.69) is 26.6 Å². The molecule has 1 aliphatic heterocycles. The van der Waals surface area contributed by atoms with Gasteiger partial charge >= 0.3 is 0 Å². The number of anilines is 2. The number of carbonyl (C=O) groups excluding carboxylic acids is 2. The maximum Gasteiger partial charge on any atom is 0.240 e. The summed E-state index contributed by atoms with van der Waals surface area (Å²) in [6, 6.07) is 18.2. The van der Waals surface area contributed by atoms with Crippen molar-refractivity contribution in [2.24, 2.45) is 5.41 Å². The number of carbonyl (C=O) groups is 2. The molecule has 1 aliphatic carbocycles. The zero-order chi connectivity index (χ0) is 32.1. The van der Waals surface area contributed by atoms with Gasteiger partial charge in [0, 0.05) is 29.4 Å². The van der Waals surface area contributed by atoms with Gasteiger partial charge in [-0.05, 0) is 131 Å². The van der Waals surface area contributed by atoms with E-state index in [4.69, 9.17) is 4.74 Å². The van der Waals surface area contributed by atoms with Crippen molar-refractivity contribution in [3.05, 3.63) is 94.9 Å². The van der Waals surface area contributed by atoms with E-state index in [1.807, 2.05) is 43.3 Å². The minimum Gasteiger partial charge on any atom is -0.496 e. The molecule has 0 radical (unpaired) electrons. The number of aromatic nitrogens is 1. The number of pyridine rings is 1. The Bertz CT molecular complexity index is 1710. The Kier molecular flexibility index (Phi) is 9.64. The van der Waals surface area contributed by atoms with Crippen molar-refractivity contribution in [2.45, 2.75) is 64.7 Å².